The van der Waals surface area contributed by atoms with Crippen molar-refractivity contribution in [3.05, 3.63) is 18.1 Å². The molecule has 1 aliphatic heterocycles. The van der Waals surface area contributed by atoms with E-state index in [0.717, 1.165) is 24.5 Å². The van der Waals surface area contributed by atoms with Crippen LogP contribution in [0.25, 0.3) is 5.78 Å². The Morgan fingerprint density at radius 3 is 3.00 bits per heavy atom. The summed E-state index contributed by atoms with van der Waals surface area (Å²) in [6.45, 7) is 5.30. The quantitative estimate of drug-likeness (QED) is 0.879. The van der Waals surface area contributed by atoms with Gasteiger partial charge in [-0.3, -0.25) is 4.79 Å². The molecular weight excluding hydrogens is 258 g/mol. The molecule has 1 aliphatic rings. The molecule has 0 aliphatic carbocycles. The Bertz CT molecular complexity index is 653. The first kappa shape index (κ1) is 12.8. The molecule has 106 valence electrons. The van der Waals surface area contributed by atoms with Crippen molar-refractivity contribution < 1.29 is 9.90 Å². The Kier molecular flexibility index (Phi) is 3.04. The second-order valence-electron chi connectivity index (χ2n) is 5.51. The van der Waals surface area contributed by atoms with Gasteiger partial charge in [0.15, 0.2) is 0 Å². The molecular formula is C13H17N5O2. The standard InChI is InChI=1S/C13H17N5O2/c1-8-3-10(12(19)20)6-17(5-8)11-4-9(2)16-13-14-7-15-18(11)13/h4,7-8,10H,3,5-6H2,1-2H3,(H,19,20). The van der Waals surface area contributed by atoms with Crippen molar-refractivity contribution in [2.24, 2.45) is 11.8 Å². The second kappa shape index (κ2) is 4.73. The number of carboxylic acids is 1. The molecule has 0 bridgehead atoms. The van der Waals surface area contributed by atoms with Gasteiger partial charge in [0.25, 0.3) is 5.78 Å². The van der Waals surface area contributed by atoms with E-state index in [4.69, 9.17) is 0 Å². The van der Waals surface area contributed by atoms with E-state index in [1.165, 1.54) is 6.33 Å². The number of anilines is 1. The van der Waals surface area contributed by atoms with Crippen LogP contribution in [0.3, 0.4) is 0 Å². The maximum Gasteiger partial charge on any atom is 0.308 e. The van der Waals surface area contributed by atoms with E-state index in [0.29, 0.717) is 18.2 Å². The number of aromatic nitrogens is 4. The van der Waals surface area contributed by atoms with Crippen LogP contribution in [0.15, 0.2) is 12.4 Å². The maximum atomic E-state index is 11.3. The van der Waals surface area contributed by atoms with Crippen LogP contribution in [-0.2, 0) is 4.79 Å². The number of fused-ring (bicyclic) bond motifs is 1. The lowest BCUT2D eigenvalue weighted by Crippen LogP contribution is -2.43. The molecule has 3 rings (SSSR count). The summed E-state index contributed by atoms with van der Waals surface area (Å²) in [5, 5.41) is 13.5. The third-order valence-corrected chi connectivity index (χ3v) is 3.69. The number of nitrogens with zero attached hydrogens (tertiary/aromatic N) is 5. The lowest BCUT2D eigenvalue weighted by molar-refractivity contribution is -0.142. The third kappa shape index (κ3) is 2.19. The van der Waals surface area contributed by atoms with Crippen LogP contribution in [-0.4, -0.2) is 43.7 Å². The number of rotatable bonds is 2. The van der Waals surface area contributed by atoms with Gasteiger partial charge in [0.05, 0.1) is 5.92 Å². The zero-order chi connectivity index (χ0) is 14.3. The van der Waals surface area contributed by atoms with Crippen molar-refractivity contribution in [2.75, 3.05) is 18.0 Å². The highest BCUT2D eigenvalue weighted by Crippen LogP contribution is 2.27. The molecule has 2 aromatic rings. The van der Waals surface area contributed by atoms with Crippen molar-refractivity contribution >= 4 is 17.6 Å². The number of aryl methyl sites for hydroxylation is 1. The van der Waals surface area contributed by atoms with Crippen LogP contribution in [0, 0.1) is 18.8 Å². The van der Waals surface area contributed by atoms with Crippen LogP contribution < -0.4 is 4.90 Å². The molecule has 0 amide bonds. The zero-order valence-corrected chi connectivity index (χ0v) is 11.5. The molecule has 2 unspecified atom stereocenters. The Hall–Kier alpha value is -2.18. The largest absolute Gasteiger partial charge is 0.481 e. The van der Waals surface area contributed by atoms with E-state index in [1.54, 1.807) is 4.52 Å². The van der Waals surface area contributed by atoms with E-state index >= 15 is 0 Å². The van der Waals surface area contributed by atoms with E-state index in [-0.39, 0.29) is 5.92 Å². The van der Waals surface area contributed by atoms with Crippen molar-refractivity contribution in [3.63, 3.8) is 0 Å². The van der Waals surface area contributed by atoms with Crippen LogP contribution in [0.1, 0.15) is 19.0 Å². The molecule has 1 fully saturated rings. The minimum Gasteiger partial charge on any atom is -0.481 e. The van der Waals surface area contributed by atoms with Gasteiger partial charge in [0, 0.05) is 24.8 Å². The minimum absolute atomic E-state index is 0.330. The van der Waals surface area contributed by atoms with E-state index in [2.05, 4.69) is 26.9 Å². The van der Waals surface area contributed by atoms with Gasteiger partial charge in [-0.15, -0.1) is 0 Å². The summed E-state index contributed by atoms with van der Waals surface area (Å²) < 4.78 is 1.67. The molecule has 0 aromatic carbocycles. The number of hydrogen-bond donors (Lipinski definition) is 1. The van der Waals surface area contributed by atoms with Gasteiger partial charge in [0.2, 0.25) is 0 Å². The molecule has 1 saturated heterocycles. The highest BCUT2D eigenvalue weighted by Gasteiger charge is 2.30. The SMILES string of the molecule is Cc1cc(N2CC(C)CC(C(=O)O)C2)n2ncnc2n1. The molecule has 2 aromatic heterocycles. The van der Waals surface area contributed by atoms with Crippen molar-refractivity contribution in [2.45, 2.75) is 20.3 Å². The normalized spacial score (nSPS) is 23.2. The van der Waals surface area contributed by atoms with Crippen molar-refractivity contribution in [1.82, 2.24) is 19.6 Å². The van der Waals surface area contributed by atoms with Gasteiger partial charge in [-0.05, 0) is 19.3 Å². The zero-order valence-electron chi connectivity index (χ0n) is 11.5. The first-order valence-electron chi connectivity index (χ1n) is 6.69. The van der Waals surface area contributed by atoms with Gasteiger partial charge in [-0.25, -0.2) is 4.98 Å². The molecule has 7 nitrogen and oxygen atoms in total. The predicted octanol–water partition coefficient (Wildman–Crippen LogP) is 0.980. The number of piperidine rings is 1. The average Bonchev–Trinajstić information content (AvgIpc) is 2.84. The van der Waals surface area contributed by atoms with Gasteiger partial charge in [-0.1, -0.05) is 6.92 Å². The Morgan fingerprint density at radius 2 is 2.25 bits per heavy atom. The molecule has 20 heavy (non-hydrogen) atoms. The van der Waals surface area contributed by atoms with E-state index in [1.807, 2.05) is 13.0 Å². The molecule has 2 atom stereocenters. The highest BCUT2D eigenvalue weighted by molar-refractivity contribution is 5.71. The van der Waals surface area contributed by atoms with E-state index in [9.17, 15) is 9.90 Å². The fourth-order valence-corrected chi connectivity index (χ4v) is 2.85. The summed E-state index contributed by atoms with van der Waals surface area (Å²) in [4.78, 5) is 21.8. The number of carbonyl (C=O) groups is 1. The molecule has 0 saturated carbocycles. The summed E-state index contributed by atoms with van der Waals surface area (Å²) in [6, 6.07) is 1.93. The predicted molar refractivity (Wildman–Crippen MR) is 72.6 cm³/mol. The first-order chi connectivity index (χ1) is 9.54. The van der Waals surface area contributed by atoms with Gasteiger partial charge >= 0.3 is 5.97 Å². The highest BCUT2D eigenvalue weighted by atomic mass is 16.4. The van der Waals surface area contributed by atoms with Gasteiger partial charge in [0.1, 0.15) is 12.1 Å². The van der Waals surface area contributed by atoms with Gasteiger partial charge < -0.3 is 10.0 Å². The lowest BCUT2D eigenvalue weighted by Gasteiger charge is -2.36. The number of carboxylic acid groups (broad SMARTS) is 1. The fraction of sp³-hybridized carbons (Fsp3) is 0.538. The van der Waals surface area contributed by atoms with Crippen molar-refractivity contribution in [3.8, 4) is 0 Å². The summed E-state index contributed by atoms with van der Waals surface area (Å²) >= 11 is 0. The Morgan fingerprint density at radius 1 is 1.45 bits per heavy atom. The molecule has 0 radical (unpaired) electrons. The molecule has 3 heterocycles. The van der Waals surface area contributed by atoms with Crippen molar-refractivity contribution in [1.29, 1.82) is 0 Å². The average molecular weight is 275 g/mol. The maximum absolute atomic E-state index is 11.3. The smallest absolute Gasteiger partial charge is 0.308 e. The first-order valence-corrected chi connectivity index (χ1v) is 6.69. The van der Waals surface area contributed by atoms with Crippen LogP contribution in [0.5, 0.6) is 0 Å². The van der Waals surface area contributed by atoms with Crippen LogP contribution >= 0.6 is 0 Å². The minimum atomic E-state index is -0.734. The summed E-state index contributed by atoms with van der Waals surface area (Å²) in [5.41, 5.74) is 0.852. The number of aliphatic carboxylic acids is 1. The second-order valence-corrected chi connectivity index (χ2v) is 5.51. The topological polar surface area (TPSA) is 83.6 Å². The van der Waals surface area contributed by atoms with Crippen LogP contribution in [0.4, 0.5) is 5.82 Å². The summed E-state index contributed by atoms with van der Waals surface area (Å²) in [6.07, 6.45) is 2.18. The third-order valence-electron chi connectivity index (χ3n) is 3.69. The Labute approximate surface area is 116 Å². The van der Waals surface area contributed by atoms with E-state index < -0.39 is 5.97 Å². The summed E-state index contributed by atoms with van der Waals surface area (Å²) in [7, 11) is 0. The summed E-state index contributed by atoms with van der Waals surface area (Å²) in [5.74, 6) is 0.665. The molecule has 1 N–H and O–H groups in total. The molecule has 7 heteroatoms. The number of hydrogen-bond acceptors (Lipinski definition) is 5. The molecule has 0 spiro atoms. The van der Waals surface area contributed by atoms with Gasteiger partial charge in [-0.2, -0.15) is 14.6 Å². The fourth-order valence-electron chi connectivity index (χ4n) is 2.85. The lowest BCUT2D eigenvalue weighted by atomic mass is 9.90. The van der Waals surface area contributed by atoms with Crippen LogP contribution in [0.2, 0.25) is 0 Å². The Balaban J connectivity index is 2.01. The monoisotopic (exact) mass is 275 g/mol.